The number of Topliss-reactive ketones (excluding diaryl/α,β-unsaturated/α-hetero) is 1. The zero-order valence-electron chi connectivity index (χ0n) is 10.4. The summed E-state index contributed by atoms with van der Waals surface area (Å²) in [6.07, 6.45) is 0.569. The highest BCUT2D eigenvalue weighted by molar-refractivity contribution is 6.00. The summed E-state index contributed by atoms with van der Waals surface area (Å²) in [6.45, 7) is 0.610. The summed E-state index contributed by atoms with van der Waals surface area (Å²) in [5.74, 6) is -0.777. The topological polar surface area (TPSA) is 47.6 Å². The molecule has 0 spiro atoms. The molecule has 1 saturated heterocycles. The average molecular weight is 253 g/mol. The second-order valence-electron chi connectivity index (χ2n) is 4.24. The van der Waals surface area contributed by atoms with Crippen molar-refractivity contribution >= 4 is 5.78 Å². The first-order valence-corrected chi connectivity index (χ1v) is 5.80. The summed E-state index contributed by atoms with van der Waals surface area (Å²) >= 11 is 0. The number of hydrogen-bond acceptors (Lipinski definition) is 4. The Bertz CT molecular complexity index is 450. The van der Waals surface area contributed by atoms with Crippen LogP contribution in [0.25, 0.3) is 0 Å². The number of nitrogens with one attached hydrogen (secondary N) is 1. The first kappa shape index (κ1) is 13.0. The van der Waals surface area contributed by atoms with Crippen LogP contribution in [0.5, 0.6) is 5.75 Å². The first-order valence-electron chi connectivity index (χ1n) is 5.80. The van der Waals surface area contributed by atoms with E-state index in [0.717, 1.165) is 0 Å². The van der Waals surface area contributed by atoms with Crippen molar-refractivity contribution in [2.45, 2.75) is 18.6 Å². The summed E-state index contributed by atoms with van der Waals surface area (Å²) in [6, 6.07) is 4.18. The van der Waals surface area contributed by atoms with Crippen molar-refractivity contribution in [3.8, 4) is 5.75 Å². The minimum Gasteiger partial charge on any atom is -0.494 e. The van der Waals surface area contributed by atoms with E-state index in [0.29, 0.717) is 13.0 Å². The van der Waals surface area contributed by atoms with Crippen LogP contribution < -0.4 is 10.1 Å². The predicted octanol–water partition coefficient (Wildman–Crippen LogP) is 1.39. The highest BCUT2D eigenvalue weighted by atomic mass is 19.1. The van der Waals surface area contributed by atoms with Crippen LogP contribution in [-0.2, 0) is 4.74 Å². The van der Waals surface area contributed by atoms with Crippen LogP contribution in [0.15, 0.2) is 18.2 Å². The maximum Gasteiger partial charge on any atom is 0.182 e. The number of ether oxygens (including phenoxy) is 2. The van der Waals surface area contributed by atoms with Gasteiger partial charge in [-0.15, -0.1) is 0 Å². The molecule has 2 rings (SSSR count). The van der Waals surface area contributed by atoms with Crippen LogP contribution in [0.4, 0.5) is 4.39 Å². The van der Waals surface area contributed by atoms with Crippen LogP contribution in [0, 0.1) is 5.82 Å². The largest absolute Gasteiger partial charge is 0.494 e. The van der Waals surface area contributed by atoms with Gasteiger partial charge in [-0.05, 0) is 18.6 Å². The number of hydrogen-bond donors (Lipinski definition) is 1. The van der Waals surface area contributed by atoms with Gasteiger partial charge in [0.15, 0.2) is 17.3 Å². The van der Waals surface area contributed by atoms with Gasteiger partial charge in [0.25, 0.3) is 0 Å². The Morgan fingerprint density at radius 1 is 1.44 bits per heavy atom. The van der Waals surface area contributed by atoms with Gasteiger partial charge >= 0.3 is 0 Å². The zero-order chi connectivity index (χ0) is 13.1. The molecule has 18 heavy (non-hydrogen) atoms. The Balaban J connectivity index is 2.19. The quantitative estimate of drug-likeness (QED) is 0.824. The van der Waals surface area contributed by atoms with E-state index in [4.69, 9.17) is 9.47 Å². The minimum atomic E-state index is -0.604. The SMILES string of the molecule is COc1cccc(C(=O)C2CC(OC)CN2)c1F. The molecule has 0 bridgehead atoms. The lowest BCUT2D eigenvalue weighted by molar-refractivity contribution is 0.0914. The molecule has 4 nitrogen and oxygen atoms in total. The van der Waals surface area contributed by atoms with Crippen molar-refractivity contribution in [1.82, 2.24) is 5.32 Å². The minimum absolute atomic E-state index is 0.00705. The molecular weight excluding hydrogens is 237 g/mol. The molecular formula is C13H16FNO3. The molecule has 5 heteroatoms. The number of benzene rings is 1. The van der Waals surface area contributed by atoms with E-state index in [9.17, 15) is 9.18 Å². The first-order chi connectivity index (χ1) is 8.67. The van der Waals surface area contributed by atoms with E-state index in [1.54, 1.807) is 13.2 Å². The van der Waals surface area contributed by atoms with Crippen molar-refractivity contribution < 1.29 is 18.7 Å². The number of rotatable bonds is 4. The summed E-state index contributed by atoms with van der Waals surface area (Å²) < 4.78 is 24.0. The Hall–Kier alpha value is -1.46. The molecule has 2 unspecified atom stereocenters. The molecule has 0 aliphatic carbocycles. The third kappa shape index (κ3) is 2.37. The van der Waals surface area contributed by atoms with Crippen LogP contribution in [0.2, 0.25) is 0 Å². The lowest BCUT2D eigenvalue weighted by Gasteiger charge is -2.11. The van der Waals surface area contributed by atoms with Crippen LogP contribution in [0.3, 0.4) is 0 Å². The Morgan fingerprint density at radius 3 is 2.83 bits per heavy atom. The molecule has 1 N–H and O–H groups in total. The monoisotopic (exact) mass is 253 g/mol. The summed E-state index contributed by atoms with van der Waals surface area (Å²) in [4.78, 5) is 12.2. The molecule has 0 aromatic heterocycles. The molecule has 1 aliphatic heterocycles. The van der Waals surface area contributed by atoms with E-state index in [2.05, 4.69) is 5.32 Å². The molecule has 1 aliphatic rings. The Morgan fingerprint density at radius 2 is 2.22 bits per heavy atom. The molecule has 0 radical (unpaired) electrons. The van der Waals surface area contributed by atoms with Gasteiger partial charge in [-0.25, -0.2) is 4.39 Å². The second-order valence-corrected chi connectivity index (χ2v) is 4.24. The maximum atomic E-state index is 14.0. The predicted molar refractivity (Wildman–Crippen MR) is 64.5 cm³/mol. The normalized spacial score (nSPS) is 23.1. The van der Waals surface area contributed by atoms with Crippen LogP contribution >= 0.6 is 0 Å². The number of carbonyl (C=O) groups excluding carboxylic acids is 1. The third-order valence-corrected chi connectivity index (χ3v) is 3.19. The summed E-state index contributed by atoms with van der Waals surface area (Å²) in [5, 5.41) is 3.04. The van der Waals surface area contributed by atoms with Gasteiger partial charge in [0.1, 0.15) is 0 Å². The number of methoxy groups -OCH3 is 2. The summed E-state index contributed by atoms with van der Waals surface area (Å²) in [7, 11) is 2.98. The fraction of sp³-hybridized carbons (Fsp3) is 0.462. The zero-order valence-corrected chi connectivity index (χ0v) is 10.4. The molecule has 1 heterocycles. The molecule has 98 valence electrons. The summed E-state index contributed by atoms with van der Waals surface area (Å²) in [5.41, 5.74) is 0.0589. The van der Waals surface area contributed by atoms with Gasteiger partial charge in [0.05, 0.1) is 24.8 Å². The number of carbonyl (C=O) groups is 1. The van der Waals surface area contributed by atoms with E-state index >= 15 is 0 Å². The van der Waals surface area contributed by atoms with Gasteiger partial charge in [-0.2, -0.15) is 0 Å². The van der Waals surface area contributed by atoms with Crippen molar-refractivity contribution in [3.05, 3.63) is 29.6 Å². The fourth-order valence-electron chi connectivity index (χ4n) is 2.13. The van der Waals surface area contributed by atoms with Crippen molar-refractivity contribution in [2.75, 3.05) is 20.8 Å². The van der Waals surface area contributed by atoms with Gasteiger partial charge < -0.3 is 14.8 Å². The van der Waals surface area contributed by atoms with E-state index in [-0.39, 0.29) is 23.2 Å². The van der Waals surface area contributed by atoms with Crippen molar-refractivity contribution in [1.29, 1.82) is 0 Å². The van der Waals surface area contributed by atoms with Crippen molar-refractivity contribution in [3.63, 3.8) is 0 Å². The fourth-order valence-corrected chi connectivity index (χ4v) is 2.13. The Kier molecular flexibility index (Phi) is 3.93. The molecule has 0 amide bonds. The average Bonchev–Trinajstić information content (AvgIpc) is 2.87. The van der Waals surface area contributed by atoms with Crippen LogP contribution in [0.1, 0.15) is 16.8 Å². The highest BCUT2D eigenvalue weighted by Gasteiger charge is 2.31. The van der Waals surface area contributed by atoms with Gasteiger partial charge in [-0.3, -0.25) is 4.79 Å². The molecule has 1 fully saturated rings. The molecule has 1 aromatic rings. The molecule has 0 saturated carbocycles. The lowest BCUT2D eigenvalue weighted by atomic mass is 10.0. The maximum absolute atomic E-state index is 14.0. The highest BCUT2D eigenvalue weighted by Crippen LogP contribution is 2.23. The lowest BCUT2D eigenvalue weighted by Crippen LogP contribution is -2.31. The second kappa shape index (κ2) is 5.46. The third-order valence-electron chi connectivity index (χ3n) is 3.19. The van der Waals surface area contributed by atoms with Gasteiger partial charge in [0, 0.05) is 13.7 Å². The molecule has 2 atom stereocenters. The van der Waals surface area contributed by atoms with E-state index < -0.39 is 11.9 Å². The standard InChI is InChI=1S/C13H16FNO3/c1-17-8-6-10(15-7-8)13(16)9-4-3-5-11(18-2)12(9)14/h3-5,8,10,15H,6-7H2,1-2H3. The van der Waals surface area contributed by atoms with Crippen molar-refractivity contribution in [2.24, 2.45) is 0 Å². The van der Waals surface area contributed by atoms with E-state index in [1.165, 1.54) is 19.2 Å². The Labute approximate surface area is 105 Å². The number of halogens is 1. The van der Waals surface area contributed by atoms with Gasteiger partial charge in [0.2, 0.25) is 0 Å². The molecule has 1 aromatic carbocycles. The van der Waals surface area contributed by atoms with Gasteiger partial charge in [-0.1, -0.05) is 6.07 Å². The number of ketones is 1. The van der Waals surface area contributed by atoms with Crippen LogP contribution in [-0.4, -0.2) is 38.7 Å². The smallest absolute Gasteiger partial charge is 0.182 e. The van der Waals surface area contributed by atoms with E-state index in [1.807, 2.05) is 0 Å².